The lowest BCUT2D eigenvalue weighted by molar-refractivity contribution is -0.144. The molecule has 0 radical (unpaired) electrons. The first-order valence-corrected chi connectivity index (χ1v) is 16.9. The Kier molecular flexibility index (Phi) is 18.5. The number of aromatic nitrogens is 1. The van der Waals surface area contributed by atoms with E-state index in [1.807, 2.05) is 57.5 Å². The first-order valence-electron chi connectivity index (χ1n) is 16.1. The number of aliphatic hydroxyl groups is 1. The van der Waals surface area contributed by atoms with E-state index in [1.54, 1.807) is 11.3 Å². The van der Waals surface area contributed by atoms with Crippen LogP contribution in [0.1, 0.15) is 44.9 Å². The number of thiazole rings is 1. The fraction of sp³-hybridized carbons (Fsp3) is 0.636. The lowest BCUT2D eigenvalue weighted by atomic mass is 9.85. The van der Waals surface area contributed by atoms with Crippen LogP contribution >= 0.6 is 23.7 Å². The van der Waals surface area contributed by atoms with Crippen molar-refractivity contribution in [3.63, 3.8) is 0 Å². The summed E-state index contributed by atoms with van der Waals surface area (Å²) in [5.74, 6) is -1.11. The number of likely N-dealkylation sites (tertiary alicyclic amines) is 1. The largest absolute Gasteiger partial charge is 0.391 e. The molecule has 1 aromatic carbocycles. The van der Waals surface area contributed by atoms with Crippen LogP contribution in [0.5, 0.6) is 0 Å². The highest BCUT2D eigenvalue weighted by molar-refractivity contribution is 7.13. The minimum absolute atomic E-state index is 0. The lowest BCUT2D eigenvalue weighted by Gasteiger charge is -2.35. The van der Waals surface area contributed by atoms with E-state index in [1.165, 1.54) is 4.90 Å². The molecule has 48 heavy (non-hydrogen) atoms. The molecule has 15 heteroatoms. The Morgan fingerprint density at radius 1 is 1.00 bits per heavy atom. The van der Waals surface area contributed by atoms with Crippen molar-refractivity contribution in [2.24, 2.45) is 11.1 Å². The number of carbonyl (C=O) groups excluding carboxylic acids is 3. The van der Waals surface area contributed by atoms with Crippen LogP contribution in [0.3, 0.4) is 0 Å². The van der Waals surface area contributed by atoms with Crippen molar-refractivity contribution in [2.75, 3.05) is 65.9 Å². The molecule has 1 aliphatic heterocycles. The number of carbonyl (C=O) groups is 3. The molecule has 0 spiro atoms. The van der Waals surface area contributed by atoms with Gasteiger partial charge in [-0.3, -0.25) is 14.4 Å². The average Bonchev–Trinajstić information content (AvgIpc) is 3.65. The van der Waals surface area contributed by atoms with Crippen LogP contribution in [-0.2, 0) is 39.9 Å². The number of benzene rings is 1. The van der Waals surface area contributed by atoms with Gasteiger partial charge in [0.25, 0.3) is 0 Å². The van der Waals surface area contributed by atoms with Crippen LogP contribution in [0.25, 0.3) is 10.4 Å². The third-order valence-corrected chi connectivity index (χ3v) is 8.54. The van der Waals surface area contributed by atoms with Gasteiger partial charge >= 0.3 is 0 Å². The van der Waals surface area contributed by atoms with Crippen LogP contribution in [0.4, 0.5) is 0 Å². The van der Waals surface area contributed by atoms with E-state index < -0.39 is 29.5 Å². The third kappa shape index (κ3) is 13.7. The Labute approximate surface area is 293 Å². The zero-order chi connectivity index (χ0) is 34.2. The van der Waals surface area contributed by atoms with Gasteiger partial charge in [0.15, 0.2) is 0 Å². The average molecular weight is 714 g/mol. The van der Waals surface area contributed by atoms with Crippen molar-refractivity contribution in [3.8, 4) is 10.4 Å². The molecule has 3 atom stereocenters. The van der Waals surface area contributed by atoms with E-state index in [-0.39, 0.29) is 56.8 Å². The number of hydrogen-bond donors (Lipinski definition) is 4. The number of halogens is 1. The molecular formula is C33H52ClN5O8S. The van der Waals surface area contributed by atoms with Crippen molar-refractivity contribution in [2.45, 2.75) is 65.3 Å². The summed E-state index contributed by atoms with van der Waals surface area (Å²) in [5.41, 5.74) is 9.45. The molecule has 0 aliphatic carbocycles. The highest BCUT2D eigenvalue weighted by Gasteiger charge is 2.44. The normalized spacial score (nSPS) is 16.8. The molecule has 2 heterocycles. The fourth-order valence-electron chi connectivity index (χ4n) is 5.02. The summed E-state index contributed by atoms with van der Waals surface area (Å²) < 4.78 is 21.6. The second-order valence-electron chi connectivity index (χ2n) is 12.4. The maximum absolute atomic E-state index is 13.8. The Bertz CT molecular complexity index is 1260. The highest BCUT2D eigenvalue weighted by Crippen LogP contribution is 2.28. The number of β-amino-alcohol motifs (C(OH)–C–C–N with tert-alkyl or cyclic N) is 1. The van der Waals surface area contributed by atoms with E-state index in [0.717, 1.165) is 21.7 Å². The molecule has 1 aliphatic rings. The molecule has 270 valence electrons. The zero-order valence-electron chi connectivity index (χ0n) is 28.4. The van der Waals surface area contributed by atoms with Gasteiger partial charge in [0.1, 0.15) is 12.1 Å². The van der Waals surface area contributed by atoms with Crippen LogP contribution in [-0.4, -0.2) is 117 Å². The number of amides is 3. The number of ether oxygens (including phenoxy) is 4. The number of aliphatic hydroxyl groups excluding tert-OH is 1. The van der Waals surface area contributed by atoms with Gasteiger partial charge in [-0.25, -0.2) is 4.98 Å². The quantitative estimate of drug-likeness (QED) is 0.149. The monoisotopic (exact) mass is 713 g/mol. The lowest BCUT2D eigenvalue weighted by Crippen LogP contribution is -2.57. The van der Waals surface area contributed by atoms with Crippen molar-refractivity contribution in [3.05, 3.63) is 41.0 Å². The predicted octanol–water partition coefficient (Wildman–Crippen LogP) is 2.06. The van der Waals surface area contributed by atoms with Gasteiger partial charge in [-0.1, -0.05) is 45.0 Å². The van der Waals surface area contributed by atoms with Crippen LogP contribution in [0.15, 0.2) is 29.8 Å². The topological polar surface area (TPSA) is 175 Å². The van der Waals surface area contributed by atoms with Crippen LogP contribution in [0, 0.1) is 12.3 Å². The summed E-state index contributed by atoms with van der Waals surface area (Å²) in [5, 5.41) is 16.2. The van der Waals surface area contributed by atoms with Crippen molar-refractivity contribution in [1.82, 2.24) is 20.5 Å². The number of rotatable bonds is 20. The Balaban J connectivity index is 0.00000800. The number of nitrogens with zero attached hydrogens (tertiary/aromatic N) is 2. The van der Waals surface area contributed by atoms with Gasteiger partial charge < -0.3 is 45.3 Å². The number of hydrogen-bond acceptors (Lipinski definition) is 11. The molecule has 2 aromatic rings. The van der Waals surface area contributed by atoms with Gasteiger partial charge in [-0.15, -0.1) is 23.7 Å². The molecule has 3 amide bonds. The molecule has 1 aromatic heterocycles. The summed E-state index contributed by atoms with van der Waals surface area (Å²) in [7, 11) is 0. The number of nitrogens with two attached hydrogens (primary N) is 1. The van der Waals surface area contributed by atoms with E-state index in [4.69, 9.17) is 24.7 Å². The molecule has 3 rings (SSSR count). The Hall–Kier alpha value is -2.69. The standard InChI is InChI=1S/C33H51N5O8S.ClH/c1-23-29(47-22-36-23)25-7-5-24(6-8-25)20-35-31(41)27-19-26(39)21-38(27)32(42)30(33(2,3)4)37-28(40)9-11-43-13-15-45-17-18-46-16-14-44-12-10-34;/h5-8,22,26-27,30,39H,9-21,34H2,1-4H3,(H,35,41)(H,37,40);1H. The molecule has 1 saturated heterocycles. The first kappa shape index (κ1) is 41.5. The van der Waals surface area contributed by atoms with Crippen molar-refractivity contribution < 1.29 is 38.4 Å². The minimum Gasteiger partial charge on any atom is -0.391 e. The second-order valence-corrected chi connectivity index (χ2v) is 13.3. The van der Waals surface area contributed by atoms with Crippen molar-refractivity contribution in [1.29, 1.82) is 0 Å². The van der Waals surface area contributed by atoms with Gasteiger partial charge in [0.2, 0.25) is 17.7 Å². The summed E-state index contributed by atoms with van der Waals surface area (Å²) in [4.78, 5) is 46.6. The summed E-state index contributed by atoms with van der Waals surface area (Å²) in [6.45, 7) is 11.4. The molecule has 13 nitrogen and oxygen atoms in total. The van der Waals surface area contributed by atoms with Crippen molar-refractivity contribution >= 4 is 41.5 Å². The predicted molar refractivity (Wildman–Crippen MR) is 186 cm³/mol. The number of aryl methyl sites for hydroxylation is 1. The van der Waals surface area contributed by atoms with E-state index >= 15 is 0 Å². The maximum Gasteiger partial charge on any atom is 0.246 e. The van der Waals surface area contributed by atoms with Crippen LogP contribution < -0.4 is 16.4 Å². The zero-order valence-corrected chi connectivity index (χ0v) is 30.0. The minimum atomic E-state index is -0.901. The van der Waals surface area contributed by atoms with E-state index in [9.17, 15) is 19.5 Å². The Morgan fingerprint density at radius 3 is 2.12 bits per heavy atom. The maximum atomic E-state index is 13.8. The highest BCUT2D eigenvalue weighted by atomic mass is 35.5. The van der Waals surface area contributed by atoms with E-state index in [0.29, 0.717) is 52.8 Å². The SMILES string of the molecule is Cc1ncsc1-c1ccc(CNC(=O)C2CC(O)CN2C(=O)C(NC(=O)CCOCCOCCOCCOCCN)C(C)(C)C)cc1.Cl. The first-order chi connectivity index (χ1) is 22.5. The molecular weight excluding hydrogens is 662 g/mol. The third-order valence-electron chi connectivity index (χ3n) is 7.56. The smallest absolute Gasteiger partial charge is 0.246 e. The summed E-state index contributed by atoms with van der Waals surface area (Å²) in [6.07, 6.45) is -0.665. The van der Waals surface area contributed by atoms with Gasteiger partial charge in [0.05, 0.1) is 75.0 Å². The fourth-order valence-corrected chi connectivity index (χ4v) is 5.84. The molecule has 0 saturated carbocycles. The number of nitrogens with one attached hydrogen (secondary N) is 2. The van der Waals surface area contributed by atoms with Gasteiger partial charge in [-0.05, 0) is 23.5 Å². The Morgan fingerprint density at radius 2 is 1.58 bits per heavy atom. The van der Waals surface area contributed by atoms with Gasteiger partial charge in [-0.2, -0.15) is 0 Å². The second kappa shape index (κ2) is 21.4. The molecule has 1 fully saturated rings. The summed E-state index contributed by atoms with van der Waals surface area (Å²) in [6, 6.07) is 6.13. The van der Waals surface area contributed by atoms with Crippen LogP contribution in [0.2, 0.25) is 0 Å². The van der Waals surface area contributed by atoms with E-state index in [2.05, 4.69) is 15.6 Å². The molecule has 0 bridgehead atoms. The molecule has 5 N–H and O–H groups in total. The molecule has 3 unspecified atom stereocenters. The summed E-state index contributed by atoms with van der Waals surface area (Å²) >= 11 is 1.58. The van der Waals surface area contributed by atoms with Gasteiger partial charge in [0, 0.05) is 32.5 Å².